The topological polar surface area (TPSA) is 116 Å². The molecule has 0 saturated carbocycles. The van der Waals surface area contributed by atoms with Crippen molar-refractivity contribution in [1.82, 2.24) is 20.0 Å². The first kappa shape index (κ1) is 24.5. The highest BCUT2D eigenvalue weighted by atomic mass is 32.2. The third-order valence-corrected chi connectivity index (χ3v) is 6.29. The number of hydrogen-bond donors (Lipinski definition) is 4. The zero-order valence-corrected chi connectivity index (χ0v) is 18.7. The van der Waals surface area contributed by atoms with Crippen LogP contribution in [0.3, 0.4) is 0 Å². The van der Waals surface area contributed by atoms with Gasteiger partial charge in [-0.25, -0.2) is 13.4 Å². The number of imidazole rings is 1. The van der Waals surface area contributed by atoms with Crippen molar-refractivity contribution in [3.05, 3.63) is 59.7 Å². The Balaban J connectivity index is 1.84. The first-order chi connectivity index (χ1) is 15.5. The molecule has 0 fully saturated rings. The fraction of sp³-hybridized carbons (Fsp3) is 0.333. The summed E-state index contributed by atoms with van der Waals surface area (Å²) >= 11 is 0. The predicted molar refractivity (Wildman–Crippen MR) is 119 cm³/mol. The number of para-hydroxylation sites is 2. The molecule has 8 nitrogen and oxygen atoms in total. The van der Waals surface area contributed by atoms with E-state index in [1.165, 1.54) is 26.0 Å². The molecule has 4 N–H and O–H groups in total. The number of nitrogens with one attached hydrogen (secondary N) is 4. The number of carbonyl (C=O) groups is 1. The number of amides is 1. The number of carbonyl (C=O) groups excluding carboxylic acids is 1. The second kappa shape index (κ2) is 9.79. The number of aromatic nitrogens is 2. The number of sulfonamides is 1. The smallest absolute Gasteiger partial charge is 0.348 e. The average Bonchev–Trinajstić information content (AvgIpc) is 3.14. The van der Waals surface area contributed by atoms with Gasteiger partial charge in [0.2, 0.25) is 21.9 Å². The number of benzene rings is 2. The summed E-state index contributed by atoms with van der Waals surface area (Å²) in [6.07, 6.45) is -5.71. The summed E-state index contributed by atoms with van der Waals surface area (Å²) < 4.78 is 65.4. The zero-order valence-electron chi connectivity index (χ0n) is 17.9. The molecule has 0 bridgehead atoms. The highest BCUT2D eigenvalue weighted by Gasteiger charge is 2.31. The standard InChI is InChI=1S/C21H24F3N5O3S/c1-3-33(31,32)29-13(2)25-19(30)12-18(14-7-6-8-15(11-14)21(22,23)24)28-20-26-16-9-4-5-10-17(16)27-20/h4-11,13,18,29H,3,12H2,1-2H3,(H,25,30)(H2,26,27,28). The lowest BCUT2D eigenvalue weighted by Gasteiger charge is -2.21. The lowest BCUT2D eigenvalue weighted by Crippen LogP contribution is -2.46. The number of fused-ring (bicyclic) bond motifs is 1. The number of hydrogen-bond acceptors (Lipinski definition) is 5. The van der Waals surface area contributed by atoms with E-state index in [4.69, 9.17) is 0 Å². The van der Waals surface area contributed by atoms with Gasteiger partial charge in [0.15, 0.2) is 0 Å². The Morgan fingerprint density at radius 3 is 2.55 bits per heavy atom. The van der Waals surface area contributed by atoms with E-state index in [0.29, 0.717) is 5.52 Å². The minimum Gasteiger partial charge on any atom is -0.348 e. The average molecular weight is 484 g/mol. The van der Waals surface area contributed by atoms with Crippen LogP contribution in [0.15, 0.2) is 48.5 Å². The number of halogens is 3. The Morgan fingerprint density at radius 1 is 1.15 bits per heavy atom. The van der Waals surface area contributed by atoms with E-state index in [1.807, 2.05) is 0 Å². The van der Waals surface area contributed by atoms with Gasteiger partial charge in [-0.15, -0.1) is 0 Å². The molecule has 2 unspecified atom stereocenters. The Kier molecular flexibility index (Phi) is 7.28. The maximum atomic E-state index is 13.2. The summed E-state index contributed by atoms with van der Waals surface area (Å²) in [4.78, 5) is 20.0. The minimum absolute atomic E-state index is 0.159. The van der Waals surface area contributed by atoms with Gasteiger partial charge in [0.1, 0.15) is 0 Å². The van der Waals surface area contributed by atoms with Crippen molar-refractivity contribution < 1.29 is 26.4 Å². The first-order valence-corrected chi connectivity index (χ1v) is 11.8. The molecule has 0 aliphatic heterocycles. The Labute approximate surface area is 189 Å². The minimum atomic E-state index is -4.55. The third-order valence-electron chi connectivity index (χ3n) is 4.82. The molecular formula is C21H24F3N5O3S. The van der Waals surface area contributed by atoms with Crippen molar-refractivity contribution in [3.63, 3.8) is 0 Å². The van der Waals surface area contributed by atoms with E-state index in [2.05, 4.69) is 25.3 Å². The highest BCUT2D eigenvalue weighted by Crippen LogP contribution is 2.32. The Bertz CT molecular complexity index is 1190. The lowest BCUT2D eigenvalue weighted by atomic mass is 10.0. The van der Waals surface area contributed by atoms with Crippen molar-refractivity contribution in [2.24, 2.45) is 0 Å². The molecular weight excluding hydrogens is 459 g/mol. The van der Waals surface area contributed by atoms with Crippen LogP contribution in [0.1, 0.15) is 37.4 Å². The molecule has 1 heterocycles. The monoisotopic (exact) mass is 483 g/mol. The number of anilines is 1. The fourth-order valence-corrected chi connectivity index (χ4v) is 4.00. The van der Waals surface area contributed by atoms with Gasteiger partial charge in [0, 0.05) is 0 Å². The van der Waals surface area contributed by atoms with Crippen molar-refractivity contribution in [2.45, 2.75) is 38.7 Å². The summed E-state index contributed by atoms with van der Waals surface area (Å²) in [5.41, 5.74) is 0.743. The molecule has 2 atom stereocenters. The molecule has 0 saturated heterocycles. The van der Waals surface area contributed by atoms with Gasteiger partial charge in [-0.2, -0.15) is 17.9 Å². The van der Waals surface area contributed by atoms with Crippen molar-refractivity contribution >= 4 is 32.9 Å². The van der Waals surface area contributed by atoms with Crippen LogP contribution in [0.2, 0.25) is 0 Å². The van der Waals surface area contributed by atoms with Crippen LogP contribution in [0.4, 0.5) is 19.1 Å². The van der Waals surface area contributed by atoms with Gasteiger partial charge < -0.3 is 15.6 Å². The van der Waals surface area contributed by atoms with E-state index in [0.717, 1.165) is 17.6 Å². The van der Waals surface area contributed by atoms with E-state index in [-0.39, 0.29) is 23.7 Å². The lowest BCUT2D eigenvalue weighted by molar-refractivity contribution is -0.137. The SMILES string of the molecule is CCS(=O)(=O)NC(C)NC(=O)CC(Nc1nc2ccccc2[nH]1)c1cccc(C(F)(F)F)c1. The molecule has 3 aromatic rings. The van der Waals surface area contributed by atoms with Crippen LogP contribution in [0.5, 0.6) is 0 Å². The summed E-state index contributed by atoms with van der Waals surface area (Å²) in [6, 6.07) is 11.0. The van der Waals surface area contributed by atoms with Crippen LogP contribution in [-0.2, 0) is 21.0 Å². The molecule has 1 amide bonds. The maximum absolute atomic E-state index is 13.2. The van der Waals surface area contributed by atoms with E-state index in [9.17, 15) is 26.4 Å². The second-order valence-corrected chi connectivity index (χ2v) is 9.48. The Morgan fingerprint density at radius 2 is 1.88 bits per heavy atom. The van der Waals surface area contributed by atoms with Crippen LogP contribution < -0.4 is 15.4 Å². The summed E-state index contributed by atoms with van der Waals surface area (Å²) in [5, 5.41) is 5.50. The predicted octanol–water partition coefficient (Wildman–Crippen LogP) is 3.53. The van der Waals surface area contributed by atoms with Gasteiger partial charge in [-0.05, 0) is 43.7 Å². The molecule has 0 aliphatic rings. The summed E-state index contributed by atoms with van der Waals surface area (Å²) in [7, 11) is -3.55. The van der Waals surface area contributed by atoms with Crippen molar-refractivity contribution in [2.75, 3.05) is 11.1 Å². The van der Waals surface area contributed by atoms with E-state index < -0.39 is 39.9 Å². The largest absolute Gasteiger partial charge is 0.416 e. The highest BCUT2D eigenvalue weighted by molar-refractivity contribution is 7.89. The van der Waals surface area contributed by atoms with Crippen LogP contribution >= 0.6 is 0 Å². The molecule has 12 heteroatoms. The quantitative estimate of drug-likeness (QED) is 0.348. The van der Waals surface area contributed by atoms with Gasteiger partial charge in [-0.1, -0.05) is 24.3 Å². The number of nitrogens with zero attached hydrogens (tertiary/aromatic N) is 1. The van der Waals surface area contributed by atoms with Crippen LogP contribution in [0.25, 0.3) is 11.0 Å². The zero-order chi connectivity index (χ0) is 24.2. The van der Waals surface area contributed by atoms with Gasteiger partial charge in [-0.3, -0.25) is 4.79 Å². The first-order valence-electron chi connectivity index (χ1n) is 10.1. The normalized spacial score (nSPS) is 14.1. The molecule has 0 radical (unpaired) electrons. The van der Waals surface area contributed by atoms with Crippen LogP contribution in [-0.4, -0.2) is 36.2 Å². The molecule has 2 aromatic carbocycles. The van der Waals surface area contributed by atoms with Crippen molar-refractivity contribution in [3.8, 4) is 0 Å². The number of alkyl halides is 3. The van der Waals surface area contributed by atoms with Gasteiger partial charge >= 0.3 is 6.18 Å². The van der Waals surface area contributed by atoms with Gasteiger partial charge in [0.05, 0.1) is 41.0 Å². The molecule has 1 aromatic heterocycles. The summed E-state index contributed by atoms with van der Waals surface area (Å²) in [6.45, 7) is 2.91. The Hall–Kier alpha value is -3.12. The van der Waals surface area contributed by atoms with E-state index in [1.54, 1.807) is 24.3 Å². The molecule has 3 rings (SSSR count). The summed E-state index contributed by atoms with van der Waals surface area (Å²) in [5.74, 6) is -0.438. The molecule has 33 heavy (non-hydrogen) atoms. The van der Waals surface area contributed by atoms with Crippen LogP contribution in [0, 0.1) is 0 Å². The number of aromatic amines is 1. The van der Waals surface area contributed by atoms with Gasteiger partial charge in [0.25, 0.3) is 0 Å². The third kappa shape index (κ3) is 6.68. The van der Waals surface area contributed by atoms with Crippen molar-refractivity contribution in [1.29, 1.82) is 0 Å². The van der Waals surface area contributed by atoms with E-state index >= 15 is 0 Å². The second-order valence-electron chi connectivity index (χ2n) is 7.44. The fourth-order valence-electron chi connectivity index (χ4n) is 3.24. The molecule has 0 aliphatic carbocycles. The maximum Gasteiger partial charge on any atom is 0.416 e. The number of rotatable bonds is 9. The molecule has 0 spiro atoms. The molecule has 178 valence electrons. The number of H-pyrrole nitrogens is 1.